The van der Waals surface area contributed by atoms with Crippen LogP contribution in [0.15, 0.2) is 18.2 Å². The summed E-state index contributed by atoms with van der Waals surface area (Å²) in [6.45, 7) is 5.09. The number of rotatable bonds is 5. The molecule has 1 saturated heterocycles. The van der Waals surface area contributed by atoms with Gasteiger partial charge in [-0.05, 0) is 43.2 Å². The van der Waals surface area contributed by atoms with E-state index in [0.717, 1.165) is 18.9 Å². The third kappa shape index (κ3) is 4.54. The van der Waals surface area contributed by atoms with Crippen molar-refractivity contribution < 1.29 is 23.1 Å². The van der Waals surface area contributed by atoms with Gasteiger partial charge in [0.2, 0.25) is 5.91 Å². The van der Waals surface area contributed by atoms with Crippen LogP contribution in [-0.2, 0) is 11.0 Å². The molecule has 1 aromatic heterocycles. The summed E-state index contributed by atoms with van der Waals surface area (Å²) >= 11 is 0. The van der Waals surface area contributed by atoms with Gasteiger partial charge in [0.15, 0.2) is 0 Å². The number of carbonyl (C=O) groups excluding carboxylic acids is 1. The molecular weight excluding hydrogens is 359 g/mol. The van der Waals surface area contributed by atoms with Crippen molar-refractivity contribution in [1.29, 1.82) is 0 Å². The van der Waals surface area contributed by atoms with E-state index in [9.17, 15) is 23.1 Å². The van der Waals surface area contributed by atoms with E-state index in [2.05, 4.69) is 10.3 Å². The molecule has 3 rings (SSSR count). The fourth-order valence-corrected chi connectivity index (χ4v) is 4.22. The van der Waals surface area contributed by atoms with E-state index in [1.165, 1.54) is 6.07 Å². The Hall–Kier alpha value is -1.83. The highest BCUT2D eigenvalue weighted by Crippen LogP contribution is 2.40. The molecule has 27 heavy (non-hydrogen) atoms. The number of aliphatic hydroxyl groups is 1. The molecule has 1 amide bonds. The largest absolute Gasteiger partial charge is 0.433 e. The maximum atomic E-state index is 12.9. The van der Waals surface area contributed by atoms with Crippen LogP contribution in [0.4, 0.5) is 19.0 Å². The lowest BCUT2D eigenvalue weighted by molar-refractivity contribution is -0.141. The van der Waals surface area contributed by atoms with Crippen LogP contribution in [0.5, 0.6) is 0 Å². The molecular formula is C19H26F3N3O2. The van der Waals surface area contributed by atoms with Gasteiger partial charge in [-0.1, -0.05) is 19.9 Å². The Morgan fingerprint density at radius 2 is 2.07 bits per heavy atom. The number of pyridine rings is 1. The third-order valence-electron chi connectivity index (χ3n) is 5.53. The van der Waals surface area contributed by atoms with E-state index >= 15 is 0 Å². The first-order valence-electron chi connectivity index (χ1n) is 9.42. The van der Waals surface area contributed by atoms with Crippen LogP contribution in [0, 0.1) is 17.8 Å². The topological polar surface area (TPSA) is 65.5 Å². The molecule has 1 saturated carbocycles. The van der Waals surface area contributed by atoms with Crippen molar-refractivity contribution in [1.82, 2.24) is 10.3 Å². The molecule has 4 atom stereocenters. The molecule has 150 valence electrons. The molecule has 2 N–H and O–H groups in total. The summed E-state index contributed by atoms with van der Waals surface area (Å²) in [5, 5.41) is 12.9. The van der Waals surface area contributed by atoms with Crippen LogP contribution in [0.3, 0.4) is 0 Å². The normalized spacial score (nSPS) is 26.3. The zero-order chi connectivity index (χ0) is 19.8. The summed E-state index contributed by atoms with van der Waals surface area (Å²) < 4.78 is 38.7. The minimum atomic E-state index is -4.46. The second-order valence-electron chi connectivity index (χ2n) is 8.05. The summed E-state index contributed by atoms with van der Waals surface area (Å²) in [6.07, 6.45) is -3.33. The lowest BCUT2D eigenvalue weighted by Gasteiger charge is -2.24. The number of aromatic nitrogens is 1. The van der Waals surface area contributed by atoms with E-state index < -0.39 is 18.0 Å². The van der Waals surface area contributed by atoms with E-state index in [1.807, 2.05) is 18.7 Å². The standard InChI is InChI=1S/C19H26F3N3O2/c1-11(2)8-15(26)18(27)23-14-7-6-12-9-25(10-13(12)14)17-5-3-4-16(24-17)19(20,21)22/h3-5,11-15,26H,6-10H2,1-2H3,(H,23,27)/t12?,13?,14?,15-/m1/s1. The van der Waals surface area contributed by atoms with Gasteiger partial charge in [-0.3, -0.25) is 4.79 Å². The van der Waals surface area contributed by atoms with Crippen LogP contribution < -0.4 is 10.2 Å². The summed E-state index contributed by atoms with van der Waals surface area (Å²) in [5.41, 5.74) is -0.890. The lowest BCUT2D eigenvalue weighted by atomic mass is 9.97. The molecule has 5 nitrogen and oxygen atoms in total. The Bertz CT molecular complexity index is 680. The molecule has 2 heterocycles. The van der Waals surface area contributed by atoms with Crippen molar-refractivity contribution in [3.8, 4) is 0 Å². The van der Waals surface area contributed by atoms with Crippen molar-refractivity contribution in [2.45, 2.75) is 51.4 Å². The van der Waals surface area contributed by atoms with Crippen LogP contribution in [0.25, 0.3) is 0 Å². The Kier molecular flexibility index (Phi) is 5.65. The minimum Gasteiger partial charge on any atom is -0.383 e. The van der Waals surface area contributed by atoms with E-state index in [1.54, 1.807) is 6.07 Å². The van der Waals surface area contributed by atoms with Crippen molar-refractivity contribution in [2.75, 3.05) is 18.0 Å². The van der Waals surface area contributed by atoms with Crippen LogP contribution >= 0.6 is 0 Å². The quantitative estimate of drug-likeness (QED) is 0.818. The number of aliphatic hydroxyl groups excluding tert-OH is 1. The first-order chi connectivity index (χ1) is 12.6. The molecule has 3 unspecified atom stereocenters. The summed E-state index contributed by atoms with van der Waals surface area (Å²) in [6, 6.07) is 3.89. The number of anilines is 1. The molecule has 2 fully saturated rings. The Balaban J connectivity index is 1.64. The van der Waals surface area contributed by atoms with Gasteiger partial charge in [0, 0.05) is 25.0 Å². The number of hydrogen-bond donors (Lipinski definition) is 2. The molecule has 0 spiro atoms. The Morgan fingerprint density at radius 3 is 2.74 bits per heavy atom. The highest BCUT2D eigenvalue weighted by molar-refractivity contribution is 5.80. The maximum absolute atomic E-state index is 12.9. The van der Waals surface area contributed by atoms with Gasteiger partial charge in [0.05, 0.1) is 0 Å². The number of nitrogens with one attached hydrogen (secondary N) is 1. The van der Waals surface area contributed by atoms with E-state index in [4.69, 9.17) is 0 Å². The second-order valence-corrected chi connectivity index (χ2v) is 8.05. The van der Waals surface area contributed by atoms with Gasteiger partial charge in [-0.15, -0.1) is 0 Å². The second kappa shape index (κ2) is 7.66. The van der Waals surface area contributed by atoms with Gasteiger partial charge in [-0.2, -0.15) is 13.2 Å². The maximum Gasteiger partial charge on any atom is 0.433 e. The number of fused-ring (bicyclic) bond motifs is 1. The van der Waals surface area contributed by atoms with Crippen molar-refractivity contribution in [2.24, 2.45) is 17.8 Å². The molecule has 1 aliphatic carbocycles. The number of amides is 1. The highest BCUT2D eigenvalue weighted by atomic mass is 19.4. The predicted molar refractivity (Wildman–Crippen MR) is 95.1 cm³/mol. The predicted octanol–water partition coefficient (Wildman–Crippen LogP) is 2.84. The molecule has 0 radical (unpaired) electrons. The lowest BCUT2D eigenvalue weighted by Crippen LogP contribution is -2.44. The minimum absolute atomic E-state index is 0.0555. The number of halogens is 3. The summed E-state index contributed by atoms with van der Waals surface area (Å²) in [7, 11) is 0. The molecule has 2 aliphatic rings. The fourth-order valence-electron chi connectivity index (χ4n) is 4.22. The highest BCUT2D eigenvalue weighted by Gasteiger charge is 2.44. The number of carbonyl (C=O) groups is 1. The first-order valence-corrected chi connectivity index (χ1v) is 9.42. The molecule has 0 aromatic carbocycles. The molecule has 0 bridgehead atoms. The van der Waals surface area contributed by atoms with Gasteiger partial charge >= 0.3 is 6.18 Å². The fraction of sp³-hybridized carbons (Fsp3) is 0.684. The smallest absolute Gasteiger partial charge is 0.383 e. The number of alkyl halides is 3. The van der Waals surface area contributed by atoms with Gasteiger partial charge in [0.25, 0.3) is 0 Å². The molecule has 1 aromatic rings. The monoisotopic (exact) mass is 385 g/mol. The van der Waals surface area contributed by atoms with E-state index in [-0.39, 0.29) is 23.8 Å². The average molecular weight is 385 g/mol. The van der Waals surface area contributed by atoms with Crippen molar-refractivity contribution >= 4 is 11.7 Å². The van der Waals surface area contributed by atoms with Gasteiger partial charge < -0.3 is 15.3 Å². The number of hydrogen-bond acceptors (Lipinski definition) is 4. The number of nitrogens with zero attached hydrogens (tertiary/aromatic N) is 2. The van der Waals surface area contributed by atoms with Crippen LogP contribution in [-0.4, -0.2) is 41.2 Å². The zero-order valence-electron chi connectivity index (χ0n) is 15.5. The van der Waals surface area contributed by atoms with Gasteiger partial charge in [-0.25, -0.2) is 4.98 Å². The van der Waals surface area contributed by atoms with Crippen molar-refractivity contribution in [3.05, 3.63) is 23.9 Å². The zero-order valence-corrected chi connectivity index (χ0v) is 15.5. The third-order valence-corrected chi connectivity index (χ3v) is 5.53. The van der Waals surface area contributed by atoms with Gasteiger partial charge in [0.1, 0.15) is 17.6 Å². The van der Waals surface area contributed by atoms with Crippen LogP contribution in [0.2, 0.25) is 0 Å². The SMILES string of the molecule is CC(C)C[C@@H](O)C(=O)NC1CCC2CN(c3cccc(C(F)(F)F)n3)CC21. The summed E-state index contributed by atoms with van der Waals surface area (Å²) in [4.78, 5) is 17.9. The molecule has 8 heteroatoms. The van der Waals surface area contributed by atoms with E-state index in [0.29, 0.717) is 31.2 Å². The summed E-state index contributed by atoms with van der Waals surface area (Å²) in [5.74, 6) is 0.663. The average Bonchev–Trinajstić information content (AvgIpc) is 3.15. The Morgan fingerprint density at radius 1 is 1.33 bits per heavy atom. The molecule has 1 aliphatic heterocycles. The first kappa shape index (κ1) is 19.9. The Labute approximate surface area is 157 Å². The van der Waals surface area contributed by atoms with Crippen molar-refractivity contribution in [3.63, 3.8) is 0 Å². The van der Waals surface area contributed by atoms with Crippen LogP contribution in [0.1, 0.15) is 38.8 Å².